The van der Waals surface area contributed by atoms with Crippen molar-refractivity contribution in [1.29, 1.82) is 0 Å². The van der Waals surface area contributed by atoms with Crippen LogP contribution in [0.5, 0.6) is 0 Å². The van der Waals surface area contributed by atoms with Gasteiger partial charge in [0.05, 0.1) is 0 Å². The summed E-state index contributed by atoms with van der Waals surface area (Å²) in [6.45, 7) is 3.92. The molecule has 0 spiro atoms. The highest BCUT2D eigenvalue weighted by atomic mass is 14.3. The molecule has 0 saturated heterocycles. The minimum Gasteiger partial charge on any atom is -0.0992 e. The van der Waals surface area contributed by atoms with Crippen LogP contribution in [0.4, 0.5) is 0 Å². The molecule has 0 aliphatic heterocycles. The second kappa shape index (κ2) is 1.98. The Morgan fingerprint density at radius 1 is 1.20 bits per heavy atom. The number of hydrogen-bond donors (Lipinski definition) is 0. The fraction of sp³-hybridized carbons (Fsp3) is 0.200. The van der Waals surface area contributed by atoms with Crippen LogP contribution in [0, 0.1) is 0 Å². The lowest BCUT2D eigenvalue weighted by atomic mass is 10.1. The van der Waals surface area contributed by atoms with Crippen molar-refractivity contribution in [3.05, 3.63) is 48.0 Å². The molecule has 0 heteroatoms. The SMILES string of the molecule is C=C1C[C@H]1c1ccccc1. The Balaban J connectivity index is 2.28. The van der Waals surface area contributed by atoms with E-state index in [4.69, 9.17) is 0 Å². The molecule has 0 unspecified atom stereocenters. The number of benzene rings is 1. The molecule has 1 aromatic rings. The van der Waals surface area contributed by atoms with E-state index in [2.05, 4.69) is 36.9 Å². The normalized spacial score (nSPS) is 22.8. The molecule has 0 N–H and O–H groups in total. The van der Waals surface area contributed by atoms with Gasteiger partial charge in [-0.2, -0.15) is 0 Å². The van der Waals surface area contributed by atoms with Crippen LogP contribution >= 0.6 is 0 Å². The zero-order valence-electron chi connectivity index (χ0n) is 5.88. The average Bonchev–Trinajstić information content (AvgIpc) is 2.69. The Morgan fingerprint density at radius 3 is 2.30 bits per heavy atom. The topological polar surface area (TPSA) is 0 Å². The first-order chi connectivity index (χ1) is 4.88. The van der Waals surface area contributed by atoms with Crippen molar-refractivity contribution in [3.63, 3.8) is 0 Å². The minimum atomic E-state index is 0.682. The van der Waals surface area contributed by atoms with Gasteiger partial charge in [0.2, 0.25) is 0 Å². The third kappa shape index (κ3) is 0.860. The lowest BCUT2D eigenvalue weighted by molar-refractivity contribution is 1.16. The lowest BCUT2D eigenvalue weighted by Gasteiger charge is -1.92. The van der Waals surface area contributed by atoms with E-state index in [1.807, 2.05) is 0 Å². The van der Waals surface area contributed by atoms with Gasteiger partial charge in [-0.3, -0.25) is 0 Å². The zero-order valence-corrected chi connectivity index (χ0v) is 5.88. The van der Waals surface area contributed by atoms with Crippen molar-refractivity contribution in [2.75, 3.05) is 0 Å². The van der Waals surface area contributed by atoms with Crippen LogP contribution in [0.2, 0.25) is 0 Å². The standard InChI is InChI=1S/C10H10/c1-8-7-10(8)9-5-3-2-4-6-9/h2-6,10H,1,7H2/t10-/m1/s1. The van der Waals surface area contributed by atoms with Crippen LogP contribution in [0.1, 0.15) is 17.9 Å². The molecular formula is C10H10. The minimum absolute atomic E-state index is 0.682. The van der Waals surface area contributed by atoms with E-state index in [9.17, 15) is 0 Å². The van der Waals surface area contributed by atoms with Crippen molar-refractivity contribution in [2.24, 2.45) is 0 Å². The Bertz CT molecular complexity index is 246. The smallest absolute Gasteiger partial charge is 0.00830 e. The summed E-state index contributed by atoms with van der Waals surface area (Å²) in [5.74, 6) is 0.682. The van der Waals surface area contributed by atoms with Gasteiger partial charge in [0.15, 0.2) is 0 Å². The molecule has 1 saturated carbocycles. The quantitative estimate of drug-likeness (QED) is 0.513. The predicted octanol–water partition coefficient (Wildman–Crippen LogP) is 2.73. The highest BCUT2D eigenvalue weighted by Crippen LogP contribution is 2.44. The fourth-order valence-corrected chi connectivity index (χ4v) is 1.24. The van der Waals surface area contributed by atoms with Gasteiger partial charge in [-0.15, -0.1) is 0 Å². The molecule has 50 valence electrons. The summed E-state index contributed by atoms with van der Waals surface area (Å²) in [4.78, 5) is 0. The van der Waals surface area contributed by atoms with Gasteiger partial charge in [0.1, 0.15) is 0 Å². The van der Waals surface area contributed by atoms with E-state index in [1.165, 1.54) is 17.6 Å². The summed E-state index contributed by atoms with van der Waals surface area (Å²) >= 11 is 0. The van der Waals surface area contributed by atoms with Crippen molar-refractivity contribution in [3.8, 4) is 0 Å². The summed E-state index contributed by atoms with van der Waals surface area (Å²) in [5.41, 5.74) is 2.80. The maximum absolute atomic E-state index is 3.92. The maximum Gasteiger partial charge on any atom is 0.00830 e. The third-order valence-electron chi connectivity index (χ3n) is 2.00. The summed E-state index contributed by atoms with van der Waals surface area (Å²) in [7, 11) is 0. The van der Waals surface area contributed by atoms with E-state index in [0.717, 1.165) is 0 Å². The van der Waals surface area contributed by atoms with Gasteiger partial charge in [-0.1, -0.05) is 42.5 Å². The second-order valence-corrected chi connectivity index (χ2v) is 2.83. The maximum atomic E-state index is 3.92. The van der Waals surface area contributed by atoms with Crippen molar-refractivity contribution in [1.82, 2.24) is 0 Å². The van der Waals surface area contributed by atoms with E-state index in [1.54, 1.807) is 0 Å². The number of rotatable bonds is 1. The van der Waals surface area contributed by atoms with E-state index in [-0.39, 0.29) is 0 Å². The fourth-order valence-electron chi connectivity index (χ4n) is 1.24. The van der Waals surface area contributed by atoms with Crippen LogP contribution < -0.4 is 0 Å². The van der Waals surface area contributed by atoms with Crippen molar-refractivity contribution < 1.29 is 0 Å². The molecule has 0 amide bonds. The van der Waals surface area contributed by atoms with Crippen LogP contribution in [-0.2, 0) is 0 Å². The molecule has 0 aromatic heterocycles. The van der Waals surface area contributed by atoms with Crippen LogP contribution in [-0.4, -0.2) is 0 Å². The summed E-state index contributed by atoms with van der Waals surface area (Å²) < 4.78 is 0. The Kier molecular flexibility index (Phi) is 1.13. The summed E-state index contributed by atoms with van der Waals surface area (Å²) in [6.07, 6.45) is 1.20. The molecule has 0 nitrogen and oxygen atoms in total. The molecular weight excluding hydrogens is 120 g/mol. The largest absolute Gasteiger partial charge is 0.0992 e. The summed E-state index contributed by atoms with van der Waals surface area (Å²) in [5, 5.41) is 0. The number of allylic oxidation sites excluding steroid dienone is 1. The molecule has 1 atom stereocenters. The predicted molar refractivity (Wildman–Crippen MR) is 42.9 cm³/mol. The molecule has 1 aliphatic carbocycles. The van der Waals surface area contributed by atoms with E-state index >= 15 is 0 Å². The van der Waals surface area contributed by atoms with Gasteiger partial charge in [0.25, 0.3) is 0 Å². The molecule has 1 fully saturated rings. The monoisotopic (exact) mass is 130 g/mol. The molecule has 0 bridgehead atoms. The third-order valence-corrected chi connectivity index (χ3v) is 2.00. The molecule has 0 heterocycles. The van der Waals surface area contributed by atoms with Gasteiger partial charge < -0.3 is 0 Å². The summed E-state index contributed by atoms with van der Waals surface area (Å²) in [6, 6.07) is 10.6. The number of hydrogen-bond acceptors (Lipinski definition) is 0. The molecule has 0 radical (unpaired) electrons. The van der Waals surface area contributed by atoms with E-state index in [0.29, 0.717) is 5.92 Å². The molecule has 1 aromatic carbocycles. The Morgan fingerprint density at radius 2 is 1.80 bits per heavy atom. The van der Waals surface area contributed by atoms with Crippen LogP contribution in [0.15, 0.2) is 42.5 Å². The average molecular weight is 130 g/mol. The van der Waals surface area contributed by atoms with Gasteiger partial charge in [-0.05, 0) is 12.0 Å². The lowest BCUT2D eigenvalue weighted by Crippen LogP contribution is -1.74. The van der Waals surface area contributed by atoms with Crippen molar-refractivity contribution in [2.45, 2.75) is 12.3 Å². The Labute approximate surface area is 61.2 Å². The van der Waals surface area contributed by atoms with Gasteiger partial charge in [-0.25, -0.2) is 0 Å². The molecule has 10 heavy (non-hydrogen) atoms. The van der Waals surface area contributed by atoms with E-state index < -0.39 is 0 Å². The molecule has 1 aliphatic rings. The first-order valence-corrected chi connectivity index (χ1v) is 3.60. The highest BCUT2D eigenvalue weighted by molar-refractivity contribution is 5.38. The first-order valence-electron chi connectivity index (χ1n) is 3.60. The van der Waals surface area contributed by atoms with Crippen LogP contribution in [0.25, 0.3) is 0 Å². The highest BCUT2D eigenvalue weighted by Gasteiger charge is 2.28. The molecule has 2 rings (SSSR count). The first kappa shape index (κ1) is 5.72. The Hall–Kier alpha value is -1.04. The van der Waals surface area contributed by atoms with Gasteiger partial charge in [0, 0.05) is 5.92 Å². The zero-order chi connectivity index (χ0) is 6.97. The van der Waals surface area contributed by atoms with Gasteiger partial charge >= 0.3 is 0 Å². The van der Waals surface area contributed by atoms with Crippen molar-refractivity contribution >= 4 is 0 Å². The second-order valence-electron chi connectivity index (χ2n) is 2.83. The van der Waals surface area contributed by atoms with Crippen LogP contribution in [0.3, 0.4) is 0 Å².